The minimum Gasteiger partial charge on any atom is -0.375 e. The van der Waals surface area contributed by atoms with Crippen LogP contribution in [0.1, 0.15) is 0 Å². The van der Waals surface area contributed by atoms with Gasteiger partial charge in [-0.2, -0.15) is 0 Å². The highest BCUT2D eigenvalue weighted by Gasteiger charge is 2.20. The van der Waals surface area contributed by atoms with Crippen molar-refractivity contribution >= 4 is 40.7 Å². The summed E-state index contributed by atoms with van der Waals surface area (Å²) in [6, 6.07) is 4.32. The molecule has 0 heterocycles. The van der Waals surface area contributed by atoms with E-state index in [4.69, 9.17) is 34.0 Å². The van der Waals surface area contributed by atoms with E-state index in [0.717, 1.165) is 0 Å². The SMILES string of the molecule is NC(=O)C(O)C(=O)Nc1ccc(Cl)c(Cl)c1. The Bertz CT molecular complexity index is 437. The molecule has 7 heteroatoms. The van der Waals surface area contributed by atoms with Gasteiger partial charge in [0.1, 0.15) is 0 Å². The van der Waals surface area contributed by atoms with Crippen LogP contribution in [0.4, 0.5) is 5.69 Å². The molecule has 4 N–H and O–H groups in total. The smallest absolute Gasteiger partial charge is 0.263 e. The van der Waals surface area contributed by atoms with Gasteiger partial charge in [-0.05, 0) is 18.2 Å². The Labute approximate surface area is 101 Å². The molecule has 0 bridgehead atoms. The summed E-state index contributed by atoms with van der Waals surface area (Å²) >= 11 is 11.4. The number of nitrogens with two attached hydrogens (primary N) is 1. The zero-order valence-corrected chi connectivity index (χ0v) is 9.42. The molecule has 1 rings (SSSR count). The first-order chi connectivity index (χ1) is 7.41. The third-order valence-electron chi connectivity index (χ3n) is 1.70. The van der Waals surface area contributed by atoms with E-state index in [-0.39, 0.29) is 5.02 Å². The number of aliphatic hydroxyl groups excluding tert-OH is 1. The zero-order chi connectivity index (χ0) is 12.3. The summed E-state index contributed by atoms with van der Waals surface area (Å²) in [5.74, 6) is -2.05. The maximum absolute atomic E-state index is 11.2. The van der Waals surface area contributed by atoms with Gasteiger partial charge in [0.05, 0.1) is 10.0 Å². The van der Waals surface area contributed by atoms with Gasteiger partial charge < -0.3 is 16.2 Å². The van der Waals surface area contributed by atoms with Crippen LogP contribution in [0.3, 0.4) is 0 Å². The van der Waals surface area contributed by atoms with Crippen LogP contribution >= 0.6 is 23.2 Å². The van der Waals surface area contributed by atoms with Gasteiger partial charge in [0.2, 0.25) is 6.10 Å². The minimum atomic E-state index is -1.89. The van der Waals surface area contributed by atoms with E-state index in [1.165, 1.54) is 18.2 Å². The van der Waals surface area contributed by atoms with E-state index in [9.17, 15) is 9.59 Å². The van der Waals surface area contributed by atoms with E-state index in [0.29, 0.717) is 10.7 Å². The molecular formula is C9H8Cl2N2O3. The summed E-state index contributed by atoms with van der Waals surface area (Å²) < 4.78 is 0. The lowest BCUT2D eigenvalue weighted by atomic mass is 10.2. The third-order valence-corrected chi connectivity index (χ3v) is 2.44. The Morgan fingerprint density at radius 1 is 1.31 bits per heavy atom. The number of anilines is 1. The Morgan fingerprint density at radius 2 is 1.94 bits per heavy atom. The van der Waals surface area contributed by atoms with Crippen molar-refractivity contribution < 1.29 is 14.7 Å². The molecule has 0 aliphatic heterocycles. The number of aliphatic hydroxyl groups is 1. The highest BCUT2D eigenvalue weighted by atomic mass is 35.5. The van der Waals surface area contributed by atoms with Gasteiger partial charge in [-0.25, -0.2) is 0 Å². The molecular weight excluding hydrogens is 255 g/mol. The first kappa shape index (κ1) is 12.8. The highest BCUT2D eigenvalue weighted by Crippen LogP contribution is 2.24. The molecule has 0 aliphatic carbocycles. The Balaban J connectivity index is 2.77. The van der Waals surface area contributed by atoms with Gasteiger partial charge in [0, 0.05) is 5.69 Å². The van der Waals surface area contributed by atoms with Crippen LogP contribution < -0.4 is 11.1 Å². The highest BCUT2D eigenvalue weighted by molar-refractivity contribution is 6.42. The number of hydrogen-bond donors (Lipinski definition) is 3. The quantitative estimate of drug-likeness (QED) is 0.703. The second kappa shape index (κ2) is 5.16. The summed E-state index contributed by atoms with van der Waals surface area (Å²) in [6.45, 7) is 0. The number of nitrogens with one attached hydrogen (secondary N) is 1. The fourth-order valence-electron chi connectivity index (χ4n) is 0.914. The maximum Gasteiger partial charge on any atom is 0.263 e. The average Bonchev–Trinajstić information content (AvgIpc) is 2.22. The Kier molecular flexibility index (Phi) is 4.12. The van der Waals surface area contributed by atoms with E-state index in [1.54, 1.807) is 0 Å². The number of rotatable bonds is 3. The number of carbonyl (C=O) groups excluding carboxylic acids is 2. The monoisotopic (exact) mass is 262 g/mol. The number of carbonyl (C=O) groups is 2. The molecule has 0 spiro atoms. The second-order valence-electron chi connectivity index (χ2n) is 2.92. The normalized spacial score (nSPS) is 11.9. The molecule has 0 aliphatic rings. The standard InChI is InChI=1S/C9H8Cl2N2O3/c10-5-2-1-4(3-6(5)11)13-9(16)7(14)8(12)15/h1-3,7,14H,(H2,12,15)(H,13,16). The lowest BCUT2D eigenvalue weighted by molar-refractivity contribution is -0.136. The van der Waals surface area contributed by atoms with Crippen molar-refractivity contribution in [3.05, 3.63) is 28.2 Å². The molecule has 1 atom stereocenters. The third kappa shape index (κ3) is 3.10. The summed E-state index contributed by atoms with van der Waals surface area (Å²) in [7, 11) is 0. The predicted octanol–water partition coefficient (Wildman–Crippen LogP) is 0.778. The molecule has 0 aromatic heterocycles. The number of hydrogen-bond acceptors (Lipinski definition) is 3. The van der Waals surface area contributed by atoms with Crippen molar-refractivity contribution in [2.24, 2.45) is 5.73 Å². The molecule has 0 saturated carbocycles. The Hall–Kier alpha value is -1.30. The minimum absolute atomic E-state index is 0.244. The van der Waals surface area contributed by atoms with Crippen LogP contribution in [0.15, 0.2) is 18.2 Å². The molecule has 86 valence electrons. The van der Waals surface area contributed by atoms with Crippen molar-refractivity contribution in [1.82, 2.24) is 0 Å². The van der Waals surface area contributed by atoms with Crippen LogP contribution in [-0.2, 0) is 9.59 Å². The van der Waals surface area contributed by atoms with Gasteiger partial charge in [0.15, 0.2) is 0 Å². The molecule has 5 nitrogen and oxygen atoms in total. The summed E-state index contributed by atoms with van der Waals surface area (Å²) in [4.78, 5) is 21.7. The summed E-state index contributed by atoms with van der Waals surface area (Å²) in [5, 5.41) is 11.9. The van der Waals surface area contributed by atoms with Crippen molar-refractivity contribution in [3.63, 3.8) is 0 Å². The number of amides is 2. The topological polar surface area (TPSA) is 92.4 Å². The first-order valence-electron chi connectivity index (χ1n) is 4.15. The van der Waals surface area contributed by atoms with E-state index >= 15 is 0 Å². The molecule has 1 unspecified atom stereocenters. The molecule has 1 aromatic rings. The number of halogens is 2. The molecule has 16 heavy (non-hydrogen) atoms. The Morgan fingerprint density at radius 3 is 2.44 bits per heavy atom. The maximum atomic E-state index is 11.2. The fraction of sp³-hybridized carbons (Fsp3) is 0.111. The number of primary amides is 1. The van der Waals surface area contributed by atoms with E-state index in [1.807, 2.05) is 0 Å². The van der Waals surface area contributed by atoms with Gasteiger partial charge in [-0.15, -0.1) is 0 Å². The summed E-state index contributed by atoms with van der Waals surface area (Å²) in [6.07, 6.45) is -1.89. The lowest BCUT2D eigenvalue weighted by Gasteiger charge is -2.08. The molecule has 0 saturated heterocycles. The molecule has 2 amide bonds. The van der Waals surface area contributed by atoms with Gasteiger partial charge in [-0.3, -0.25) is 9.59 Å². The summed E-state index contributed by atoms with van der Waals surface area (Å²) in [5.41, 5.74) is 5.05. The average molecular weight is 263 g/mol. The van der Waals surface area contributed by atoms with Gasteiger partial charge in [0.25, 0.3) is 11.8 Å². The van der Waals surface area contributed by atoms with Crippen molar-refractivity contribution in [2.45, 2.75) is 6.10 Å². The largest absolute Gasteiger partial charge is 0.375 e. The zero-order valence-electron chi connectivity index (χ0n) is 7.91. The molecule has 1 aromatic carbocycles. The van der Waals surface area contributed by atoms with Crippen LogP contribution in [0, 0.1) is 0 Å². The van der Waals surface area contributed by atoms with Gasteiger partial charge >= 0.3 is 0 Å². The van der Waals surface area contributed by atoms with E-state index < -0.39 is 17.9 Å². The first-order valence-corrected chi connectivity index (χ1v) is 4.90. The van der Waals surface area contributed by atoms with Crippen LogP contribution in [0.5, 0.6) is 0 Å². The van der Waals surface area contributed by atoms with Crippen molar-refractivity contribution in [1.29, 1.82) is 0 Å². The van der Waals surface area contributed by atoms with Crippen molar-refractivity contribution in [3.8, 4) is 0 Å². The predicted molar refractivity (Wildman–Crippen MR) is 60.3 cm³/mol. The van der Waals surface area contributed by atoms with E-state index in [2.05, 4.69) is 5.32 Å². The fourth-order valence-corrected chi connectivity index (χ4v) is 1.21. The number of benzene rings is 1. The molecule has 0 radical (unpaired) electrons. The van der Waals surface area contributed by atoms with Crippen LogP contribution in [0.2, 0.25) is 10.0 Å². The molecule has 0 fully saturated rings. The lowest BCUT2D eigenvalue weighted by Crippen LogP contribution is -2.39. The van der Waals surface area contributed by atoms with Crippen molar-refractivity contribution in [2.75, 3.05) is 5.32 Å². The van der Waals surface area contributed by atoms with Crippen LogP contribution in [0.25, 0.3) is 0 Å². The second-order valence-corrected chi connectivity index (χ2v) is 3.74. The van der Waals surface area contributed by atoms with Gasteiger partial charge in [-0.1, -0.05) is 23.2 Å². The van der Waals surface area contributed by atoms with Crippen LogP contribution in [-0.4, -0.2) is 23.0 Å².